The molecule has 2 aromatic carbocycles. The van der Waals surface area contributed by atoms with Gasteiger partial charge in [0.05, 0.1) is 37.1 Å². The molecule has 33 heavy (non-hydrogen) atoms. The van der Waals surface area contributed by atoms with E-state index in [1.807, 2.05) is 0 Å². The number of aliphatic hydroxyl groups is 1. The normalized spacial score (nSPS) is 14.4. The van der Waals surface area contributed by atoms with E-state index in [1.165, 1.54) is 20.3 Å². The summed E-state index contributed by atoms with van der Waals surface area (Å²) in [6.45, 7) is 2.00. The van der Waals surface area contributed by atoms with E-state index in [4.69, 9.17) is 9.47 Å². The molecule has 176 valence electrons. The smallest absolute Gasteiger partial charge is 0.261 e. The van der Waals surface area contributed by atoms with Gasteiger partial charge in [-0.3, -0.25) is 9.36 Å². The Morgan fingerprint density at radius 2 is 2.00 bits per heavy atom. The maximum Gasteiger partial charge on any atom is 0.261 e. The molecule has 0 aliphatic carbocycles. The second-order valence-electron chi connectivity index (χ2n) is 8.03. The Morgan fingerprint density at radius 3 is 2.70 bits per heavy atom. The van der Waals surface area contributed by atoms with Crippen molar-refractivity contribution in [3.63, 3.8) is 0 Å². The largest absolute Gasteiger partial charge is 0.497 e. The fourth-order valence-electron chi connectivity index (χ4n) is 4.28. The lowest BCUT2D eigenvalue weighted by Gasteiger charge is -2.27. The molecule has 0 radical (unpaired) electrons. The summed E-state index contributed by atoms with van der Waals surface area (Å²) in [5.74, 6) is -0.0586. The van der Waals surface area contributed by atoms with E-state index in [2.05, 4.69) is 10.3 Å². The molecule has 0 unspecified atom stereocenters. The average molecular weight is 457 g/mol. The third-order valence-electron chi connectivity index (χ3n) is 6.06. The zero-order valence-electron chi connectivity index (χ0n) is 18.9. The molecule has 0 bridgehead atoms. The van der Waals surface area contributed by atoms with Gasteiger partial charge in [-0.1, -0.05) is 0 Å². The number of aromatic nitrogens is 2. The quantitative estimate of drug-likeness (QED) is 0.539. The molecule has 0 atom stereocenters. The molecule has 0 saturated carbocycles. The molecule has 1 fully saturated rings. The van der Waals surface area contributed by atoms with Crippen LogP contribution < -0.4 is 25.2 Å². The average Bonchev–Trinajstić information content (AvgIpc) is 2.86. The van der Waals surface area contributed by atoms with Gasteiger partial charge in [-0.25, -0.2) is 9.37 Å². The zero-order valence-corrected chi connectivity index (χ0v) is 18.9. The Morgan fingerprint density at radius 1 is 1.21 bits per heavy atom. The van der Waals surface area contributed by atoms with Crippen molar-refractivity contribution >= 4 is 22.3 Å². The van der Waals surface area contributed by atoms with E-state index in [9.17, 15) is 9.90 Å². The second-order valence-corrected chi connectivity index (χ2v) is 8.03. The number of nitrogens with one attached hydrogen (secondary N) is 1. The molecule has 3 aromatic rings. The Bertz CT molecular complexity index is 1180. The standard InChI is InChI=1S/C24H29FN4O4/c1-32-18-13-21(23(25)22(14-18)33-2)28(10-3-11-30)17-4-5-20-19(12-17)24(31)29(15-27-20)16-6-8-26-9-7-16/h4-5,12-16,26,30H,3,6-11H2,1-2H3. The van der Waals surface area contributed by atoms with Gasteiger partial charge in [0.15, 0.2) is 11.6 Å². The first-order chi connectivity index (χ1) is 16.1. The molecule has 1 aromatic heterocycles. The number of piperidine rings is 1. The van der Waals surface area contributed by atoms with Crippen LogP contribution in [0.4, 0.5) is 15.8 Å². The van der Waals surface area contributed by atoms with Crippen LogP contribution in [0.25, 0.3) is 10.9 Å². The van der Waals surface area contributed by atoms with E-state index >= 15 is 4.39 Å². The highest BCUT2D eigenvalue weighted by Crippen LogP contribution is 2.37. The summed E-state index contributed by atoms with van der Waals surface area (Å²) in [7, 11) is 2.89. The van der Waals surface area contributed by atoms with Crippen LogP contribution in [0.1, 0.15) is 25.3 Å². The summed E-state index contributed by atoms with van der Waals surface area (Å²) in [6.07, 6.45) is 3.76. The highest BCUT2D eigenvalue weighted by molar-refractivity contribution is 5.83. The van der Waals surface area contributed by atoms with Crippen molar-refractivity contribution in [1.82, 2.24) is 14.9 Å². The van der Waals surface area contributed by atoms with E-state index < -0.39 is 5.82 Å². The number of benzene rings is 2. The first-order valence-corrected chi connectivity index (χ1v) is 11.1. The van der Waals surface area contributed by atoms with E-state index in [-0.39, 0.29) is 29.6 Å². The van der Waals surface area contributed by atoms with Gasteiger partial charge in [0.25, 0.3) is 5.56 Å². The SMILES string of the molecule is COc1cc(OC)c(F)c(N(CCCO)c2ccc3ncn(C4CCNCC4)c(=O)c3c2)c1. The fraction of sp³-hybridized carbons (Fsp3) is 0.417. The highest BCUT2D eigenvalue weighted by atomic mass is 19.1. The molecule has 4 rings (SSSR count). The van der Waals surface area contributed by atoms with Crippen LogP contribution in [0.2, 0.25) is 0 Å². The Labute approximate surface area is 191 Å². The zero-order chi connectivity index (χ0) is 23.4. The lowest BCUT2D eigenvalue weighted by atomic mass is 10.1. The lowest BCUT2D eigenvalue weighted by Crippen LogP contribution is -2.34. The predicted octanol–water partition coefficient (Wildman–Crippen LogP) is 3.00. The molecule has 2 N–H and O–H groups in total. The molecule has 1 aliphatic heterocycles. The first-order valence-electron chi connectivity index (χ1n) is 11.1. The number of methoxy groups -OCH3 is 2. The number of fused-ring (bicyclic) bond motifs is 1. The van der Waals surface area contributed by atoms with Crippen molar-refractivity contribution in [2.75, 3.05) is 45.4 Å². The van der Waals surface area contributed by atoms with Crippen molar-refractivity contribution in [1.29, 1.82) is 0 Å². The third kappa shape index (κ3) is 4.65. The van der Waals surface area contributed by atoms with Crippen LogP contribution in [0.15, 0.2) is 41.5 Å². The summed E-state index contributed by atoms with van der Waals surface area (Å²) in [4.78, 5) is 19.6. The topological polar surface area (TPSA) is 88.8 Å². The van der Waals surface area contributed by atoms with Crippen molar-refractivity contribution in [2.24, 2.45) is 0 Å². The monoisotopic (exact) mass is 456 g/mol. The van der Waals surface area contributed by atoms with Gasteiger partial charge in [0, 0.05) is 37.0 Å². The van der Waals surface area contributed by atoms with Gasteiger partial charge in [-0.15, -0.1) is 0 Å². The molecule has 1 saturated heterocycles. The van der Waals surface area contributed by atoms with Crippen LogP contribution in [-0.2, 0) is 0 Å². The summed E-state index contributed by atoms with van der Waals surface area (Å²) in [5.41, 5.74) is 1.33. The third-order valence-corrected chi connectivity index (χ3v) is 6.06. The molecule has 2 heterocycles. The van der Waals surface area contributed by atoms with Gasteiger partial charge in [-0.2, -0.15) is 0 Å². The molecular weight excluding hydrogens is 427 g/mol. The minimum atomic E-state index is -0.547. The molecule has 0 amide bonds. The predicted molar refractivity (Wildman–Crippen MR) is 125 cm³/mol. The van der Waals surface area contributed by atoms with E-state index in [1.54, 1.807) is 40.1 Å². The van der Waals surface area contributed by atoms with Gasteiger partial charge in [-0.05, 0) is 50.6 Å². The molecule has 9 heteroatoms. The number of halogens is 1. The number of anilines is 2. The highest BCUT2D eigenvalue weighted by Gasteiger charge is 2.21. The number of hydrogen-bond donors (Lipinski definition) is 2. The van der Waals surface area contributed by atoms with Crippen molar-refractivity contribution in [2.45, 2.75) is 25.3 Å². The van der Waals surface area contributed by atoms with Gasteiger partial charge < -0.3 is 24.8 Å². The Kier molecular flexibility index (Phi) is 7.10. The second kappa shape index (κ2) is 10.2. The van der Waals surface area contributed by atoms with E-state index in [0.717, 1.165) is 25.9 Å². The van der Waals surface area contributed by atoms with Gasteiger partial charge in [0.1, 0.15) is 5.75 Å². The number of aliphatic hydroxyl groups excluding tert-OH is 1. The molecule has 8 nitrogen and oxygen atoms in total. The number of ether oxygens (including phenoxy) is 2. The number of nitrogens with zero attached hydrogens (tertiary/aromatic N) is 3. The summed E-state index contributed by atoms with van der Waals surface area (Å²) < 4.78 is 27.5. The lowest BCUT2D eigenvalue weighted by molar-refractivity contribution is 0.290. The molecular formula is C24H29FN4O4. The summed E-state index contributed by atoms with van der Waals surface area (Å²) in [6, 6.07) is 8.46. The maximum absolute atomic E-state index is 15.3. The van der Waals surface area contributed by atoms with Crippen LogP contribution in [0.3, 0.4) is 0 Å². The summed E-state index contributed by atoms with van der Waals surface area (Å²) in [5, 5.41) is 13.2. The van der Waals surface area contributed by atoms with Crippen molar-refractivity contribution in [3.8, 4) is 11.5 Å². The fourth-order valence-corrected chi connectivity index (χ4v) is 4.28. The Hall–Kier alpha value is -3.17. The van der Waals surface area contributed by atoms with Crippen LogP contribution in [0, 0.1) is 5.82 Å². The Balaban J connectivity index is 1.83. The van der Waals surface area contributed by atoms with Crippen LogP contribution in [0.5, 0.6) is 11.5 Å². The summed E-state index contributed by atoms with van der Waals surface area (Å²) >= 11 is 0. The molecule has 1 aliphatic rings. The van der Waals surface area contributed by atoms with Crippen molar-refractivity contribution < 1.29 is 19.0 Å². The van der Waals surface area contributed by atoms with Crippen molar-refractivity contribution in [3.05, 3.63) is 52.8 Å². The van der Waals surface area contributed by atoms with E-state index in [0.29, 0.717) is 35.3 Å². The van der Waals surface area contributed by atoms with Gasteiger partial charge >= 0.3 is 0 Å². The number of rotatable bonds is 8. The number of hydrogen-bond acceptors (Lipinski definition) is 7. The minimum absolute atomic E-state index is 0.0501. The van der Waals surface area contributed by atoms with Crippen LogP contribution >= 0.6 is 0 Å². The minimum Gasteiger partial charge on any atom is -0.497 e. The molecule has 0 spiro atoms. The maximum atomic E-state index is 15.3. The first kappa shape index (κ1) is 23.0. The van der Waals surface area contributed by atoms with Crippen LogP contribution in [-0.4, -0.2) is 55.1 Å². The van der Waals surface area contributed by atoms with Gasteiger partial charge in [0.2, 0.25) is 0 Å².